The van der Waals surface area contributed by atoms with Gasteiger partial charge in [-0.05, 0) is 19.8 Å². The average molecular weight is 190 g/mol. The summed E-state index contributed by atoms with van der Waals surface area (Å²) in [5.41, 5.74) is -0.849. The Kier molecular flexibility index (Phi) is 4.95. The molecule has 0 aromatic rings. The number of hydrogen-bond donors (Lipinski definition) is 2. The van der Waals surface area contributed by atoms with Crippen LogP contribution in [0, 0.1) is 5.41 Å². The van der Waals surface area contributed by atoms with Gasteiger partial charge in [-0.1, -0.05) is 6.92 Å². The Balaban J connectivity index is 4.18. The first-order valence-electron chi connectivity index (χ1n) is 4.36. The molecule has 0 aromatic carbocycles. The van der Waals surface area contributed by atoms with Gasteiger partial charge < -0.3 is 14.9 Å². The first-order valence-corrected chi connectivity index (χ1v) is 4.36. The molecule has 78 valence electrons. The van der Waals surface area contributed by atoms with Gasteiger partial charge in [0.25, 0.3) is 0 Å². The largest absolute Gasteiger partial charge is 0.481 e. The molecule has 0 aliphatic rings. The SMILES string of the molecule is CCC(C)(CC(O)COC)C(=O)O. The van der Waals surface area contributed by atoms with Crippen molar-refractivity contribution in [2.75, 3.05) is 13.7 Å². The fraction of sp³-hybridized carbons (Fsp3) is 0.889. The van der Waals surface area contributed by atoms with Crippen LogP contribution in [0.15, 0.2) is 0 Å². The molecule has 0 bridgehead atoms. The summed E-state index contributed by atoms with van der Waals surface area (Å²) in [5, 5.41) is 18.3. The third kappa shape index (κ3) is 3.74. The summed E-state index contributed by atoms with van der Waals surface area (Å²) in [6.07, 6.45) is 0.0292. The van der Waals surface area contributed by atoms with Crippen molar-refractivity contribution in [2.45, 2.75) is 32.8 Å². The average Bonchev–Trinajstić information content (AvgIpc) is 2.04. The first-order chi connectivity index (χ1) is 5.96. The standard InChI is InChI=1S/C9H18O4/c1-4-9(2,8(11)12)5-7(10)6-13-3/h7,10H,4-6H2,1-3H3,(H,11,12). The monoisotopic (exact) mass is 190 g/mol. The van der Waals surface area contributed by atoms with Gasteiger partial charge >= 0.3 is 5.97 Å². The van der Waals surface area contributed by atoms with Crippen molar-refractivity contribution in [1.82, 2.24) is 0 Å². The lowest BCUT2D eigenvalue weighted by atomic mass is 9.82. The van der Waals surface area contributed by atoms with Gasteiger partial charge in [-0.25, -0.2) is 0 Å². The predicted molar refractivity (Wildman–Crippen MR) is 48.5 cm³/mol. The second-order valence-electron chi connectivity index (χ2n) is 3.53. The molecule has 4 nitrogen and oxygen atoms in total. The predicted octanol–water partition coefficient (Wildman–Crippen LogP) is 0.885. The molecule has 0 rings (SSSR count). The number of carbonyl (C=O) groups is 1. The molecule has 4 heteroatoms. The van der Waals surface area contributed by atoms with E-state index in [9.17, 15) is 9.90 Å². The number of aliphatic hydroxyl groups excluding tert-OH is 1. The van der Waals surface area contributed by atoms with E-state index in [0.29, 0.717) is 6.42 Å². The third-order valence-electron chi connectivity index (χ3n) is 2.34. The highest BCUT2D eigenvalue weighted by atomic mass is 16.5. The quantitative estimate of drug-likeness (QED) is 0.652. The minimum atomic E-state index is -0.870. The second-order valence-corrected chi connectivity index (χ2v) is 3.53. The van der Waals surface area contributed by atoms with E-state index < -0.39 is 17.5 Å². The fourth-order valence-corrected chi connectivity index (χ4v) is 1.15. The molecule has 0 spiro atoms. The van der Waals surface area contributed by atoms with Crippen molar-refractivity contribution in [1.29, 1.82) is 0 Å². The minimum Gasteiger partial charge on any atom is -0.481 e. The fourth-order valence-electron chi connectivity index (χ4n) is 1.15. The lowest BCUT2D eigenvalue weighted by molar-refractivity contribution is -0.150. The topological polar surface area (TPSA) is 66.8 Å². The Morgan fingerprint density at radius 1 is 1.62 bits per heavy atom. The Morgan fingerprint density at radius 3 is 2.46 bits per heavy atom. The van der Waals surface area contributed by atoms with Gasteiger partial charge in [0.2, 0.25) is 0 Å². The van der Waals surface area contributed by atoms with Crippen LogP contribution in [-0.4, -0.2) is 36.0 Å². The van der Waals surface area contributed by atoms with Crippen LogP contribution in [0.4, 0.5) is 0 Å². The summed E-state index contributed by atoms with van der Waals surface area (Å²) < 4.78 is 4.73. The van der Waals surface area contributed by atoms with E-state index in [1.807, 2.05) is 0 Å². The summed E-state index contributed by atoms with van der Waals surface area (Å²) in [7, 11) is 1.48. The third-order valence-corrected chi connectivity index (χ3v) is 2.34. The van der Waals surface area contributed by atoms with Crippen LogP contribution in [0.3, 0.4) is 0 Å². The molecule has 0 saturated heterocycles. The van der Waals surface area contributed by atoms with Crippen molar-refractivity contribution in [3.8, 4) is 0 Å². The van der Waals surface area contributed by atoms with Crippen molar-refractivity contribution in [3.05, 3.63) is 0 Å². The number of aliphatic hydroxyl groups is 1. The number of hydrogen-bond acceptors (Lipinski definition) is 3. The highest BCUT2D eigenvalue weighted by Crippen LogP contribution is 2.27. The highest BCUT2D eigenvalue weighted by Gasteiger charge is 2.33. The van der Waals surface area contributed by atoms with Crippen molar-refractivity contribution >= 4 is 5.97 Å². The van der Waals surface area contributed by atoms with Gasteiger partial charge in [0.15, 0.2) is 0 Å². The van der Waals surface area contributed by atoms with Gasteiger partial charge in [0, 0.05) is 7.11 Å². The Morgan fingerprint density at radius 2 is 2.15 bits per heavy atom. The summed E-state index contributed by atoms with van der Waals surface area (Å²) >= 11 is 0. The van der Waals surface area contributed by atoms with Crippen LogP contribution < -0.4 is 0 Å². The van der Waals surface area contributed by atoms with E-state index in [2.05, 4.69) is 0 Å². The van der Waals surface area contributed by atoms with Crippen LogP contribution in [0.1, 0.15) is 26.7 Å². The summed E-state index contributed by atoms with van der Waals surface area (Å²) in [4.78, 5) is 10.8. The molecule has 0 fully saturated rings. The molecule has 0 heterocycles. The van der Waals surface area contributed by atoms with Gasteiger partial charge in [-0.15, -0.1) is 0 Å². The maximum absolute atomic E-state index is 10.8. The first kappa shape index (κ1) is 12.4. The molecule has 2 atom stereocenters. The maximum atomic E-state index is 10.8. The maximum Gasteiger partial charge on any atom is 0.309 e. The van der Waals surface area contributed by atoms with Crippen LogP contribution in [0.5, 0.6) is 0 Å². The van der Waals surface area contributed by atoms with E-state index in [4.69, 9.17) is 9.84 Å². The lowest BCUT2D eigenvalue weighted by Gasteiger charge is -2.25. The number of carboxylic acids is 1. The van der Waals surface area contributed by atoms with Crippen molar-refractivity contribution in [2.24, 2.45) is 5.41 Å². The highest BCUT2D eigenvalue weighted by molar-refractivity contribution is 5.74. The van der Waals surface area contributed by atoms with E-state index in [-0.39, 0.29) is 13.0 Å². The van der Waals surface area contributed by atoms with Gasteiger partial charge in [0.05, 0.1) is 18.1 Å². The second kappa shape index (κ2) is 5.19. The molecule has 0 amide bonds. The summed E-state index contributed by atoms with van der Waals surface area (Å²) in [6.45, 7) is 3.62. The number of carboxylic acid groups (broad SMARTS) is 1. The van der Waals surface area contributed by atoms with Gasteiger partial charge in [-0.2, -0.15) is 0 Å². The molecule has 0 aromatic heterocycles. The molecule has 0 aliphatic carbocycles. The Hall–Kier alpha value is -0.610. The van der Waals surface area contributed by atoms with E-state index >= 15 is 0 Å². The smallest absolute Gasteiger partial charge is 0.309 e. The summed E-state index contributed by atoms with van der Waals surface area (Å²) in [5.74, 6) is -0.870. The molecule has 0 aliphatic heterocycles. The summed E-state index contributed by atoms with van der Waals surface area (Å²) in [6, 6.07) is 0. The number of aliphatic carboxylic acids is 1. The van der Waals surface area contributed by atoms with Gasteiger partial charge in [-0.3, -0.25) is 4.79 Å². The van der Waals surface area contributed by atoms with Crippen LogP contribution >= 0.6 is 0 Å². The normalized spacial score (nSPS) is 17.8. The Labute approximate surface area is 78.5 Å². The van der Waals surface area contributed by atoms with E-state index in [1.54, 1.807) is 13.8 Å². The molecule has 0 saturated carbocycles. The van der Waals surface area contributed by atoms with Crippen molar-refractivity contribution < 1.29 is 19.7 Å². The lowest BCUT2D eigenvalue weighted by Crippen LogP contribution is -2.33. The van der Waals surface area contributed by atoms with Crippen molar-refractivity contribution in [3.63, 3.8) is 0 Å². The zero-order valence-corrected chi connectivity index (χ0v) is 8.41. The van der Waals surface area contributed by atoms with E-state index in [0.717, 1.165) is 0 Å². The molecule has 2 N–H and O–H groups in total. The molecular weight excluding hydrogens is 172 g/mol. The van der Waals surface area contributed by atoms with Gasteiger partial charge in [0.1, 0.15) is 0 Å². The molecule has 13 heavy (non-hydrogen) atoms. The van der Waals surface area contributed by atoms with Crippen LogP contribution in [0.2, 0.25) is 0 Å². The molecule has 2 unspecified atom stereocenters. The van der Waals surface area contributed by atoms with Crippen LogP contribution in [-0.2, 0) is 9.53 Å². The molecule has 0 radical (unpaired) electrons. The zero-order valence-electron chi connectivity index (χ0n) is 8.41. The minimum absolute atomic E-state index is 0.183. The molecular formula is C9H18O4. The van der Waals surface area contributed by atoms with Crippen LogP contribution in [0.25, 0.3) is 0 Å². The number of ether oxygens (including phenoxy) is 1. The van der Waals surface area contributed by atoms with E-state index in [1.165, 1.54) is 7.11 Å². The number of methoxy groups -OCH3 is 1. The Bertz CT molecular complexity index is 169. The number of rotatable bonds is 6. The zero-order chi connectivity index (χ0) is 10.5.